The van der Waals surface area contributed by atoms with Crippen molar-refractivity contribution in [2.45, 2.75) is 0 Å². The summed E-state index contributed by atoms with van der Waals surface area (Å²) in [6.45, 7) is 7.69. The van der Waals surface area contributed by atoms with Crippen LogP contribution in [0.2, 0.25) is 0 Å². The predicted molar refractivity (Wildman–Crippen MR) is 188 cm³/mol. The van der Waals surface area contributed by atoms with Crippen LogP contribution in [0.1, 0.15) is 0 Å². The van der Waals surface area contributed by atoms with Crippen molar-refractivity contribution in [2.24, 2.45) is 0 Å². The summed E-state index contributed by atoms with van der Waals surface area (Å²) in [4.78, 5) is 8.85. The number of nitrogens with zero attached hydrogens (tertiary/aromatic N) is 3. The van der Waals surface area contributed by atoms with Gasteiger partial charge >= 0.3 is 0 Å². The number of para-hydroxylation sites is 1. The Labute approximate surface area is 264 Å². The zero-order chi connectivity index (χ0) is 30.8. The second-order valence-electron chi connectivity index (χ2n) is 11.6. The molecule has 0 atom stereocenters. The highest BCUT2D eigenvalue weighted by Gasteiger charge is 2.19. The van der Waals surface area contributed by atoms with Gasteiger partial charge in [-0.1, -0.05) is 84.9 Å². The van der Waals surface area contributed by atoms with Crippen LogP contribution in [0.4, 0.5) is 10.1 Å². The first-order valence-corrected chi connectivity index (χ1v) is 15.2. The second kappa shape index (κ2) is 10.1. The second-order valence-corrected chi connectivity index (χ2v) is 11.6. The Bertz CT molecular complexity index is 2660. The number of hydrogen-bond donors (Lipinski definition) is 0. The van der Waals surface area contributed by atoms with E-state index in [2.05, 4.69) is 100 Å². The van der Waals surface area contributed by atoms with Gasteiger partial charge in [0.2, 0.25) is 0 Å². The maximum atomic E-state index is 13.9. The van der Waals surface area contributed by atoms with E-state index in [1.165, 1.54) is 12.1 Å². The summed E-state index contributed by atoms with van der Waals surface area (Å²) >= 11 is 0. The van der Waals surface area contributed by atoms with Crippen molar-refractivity contribution in [3.8, 4) is 28.1 Å². The Morgan fingerprint density at radius 2 is 1.15 bits per heavy atom. The van der Waals surface area contributed by atoms with Crippen molar-refractivity contribution in [1.82, 2.24) is 9.55 Å². The van der Waals surface area contributed by atoms with Crippen LogP contribution in [0, 0.1) is 12.4 Å². The molecular formula is C42H24FN3. The molecule has 7 aromatic carbocycles. The lowest BCUT2D eigenvalue weighted by atomic mass is 9.87. The quantitative estimate of drug-likeness (QED) is 0.148. The van der Waals surface area contributed by atoms with E-state index < -0.39 is 0 Å². The van der Waals surface area contributed by atoms with Crippen LogP contribution < -0.4 is 0 Å². The number of rotatable bonds is 3. The summed E-state index contributed by atoms with van der Waals surface area (Å²) in [5, 5.41) is 7.72. The summed E-state index contributed by atoms with van der Waals surface area (Å²) in [5.41, 5.74) is 8.70. The minimum absolute atomic E-state index is 0.275. The first-order valence-electron chi connectivity index (χ1n) is 15.2. The first kappa shape index (κ1) is 26.1. The van der Waals surface area contributed by atoms with Crippen LogP contribution in [0.25, 0.3) is 87.2 Å². The smallest absolute Gasteiger partial charge is 0.188 e. The Morgan fingerprint density at radius 1 is 0.543 bits per heavy atom. The van der Waals surface area contributed by atoms with E-state index in [-0.39, 0.29) is 5.82 Å². The van der Waals surface area contributed by atoms with Gasteiger partial charge in [0.1, 0.15) is 5.82 Å². The zero-order valence-corrected chi connectivity index (χ0v) is 24.6. The third-order valence-corrected chi connectivity index (χ3v) is 9.04. The fraction of sp³-hybridized carbons (Fsp3) is 0. The zero-order valence-electron chi connectivity index (χ0n) is 24.6. The van der Waals surface area contributed by atoms with Crippen LogP contribution in [0.15, 0.2) is 146 Å². The van der Waals surface area contributed by atoms with Crippen LogP contribution in [0.5, 0.6) is 0 Å². The average molecular weight is 590 g/mol. The van der Waals surface area contributed by atoms with Gasteiger partial charge < -0.3 is 4.57 Å². The van der Waals surface area contributed by atoms with E-state index in [1.54, 1.807) is 12.1 Å². The van der Waals surface area contributed by atoms with Crippen molar-refractivity contribution in [3.05, 3.63) is 163 Å². The van der Waals surface area contributed by atoms with Gasteiger partial charge in [-0.05, 0) is 98.7 Å². The molecule has 0 unspecified atom stereocenters. The maximum Gasteiger partial charge on any atom is 0.188 e. The molecule has 0 bridgehead atoms. The average Bonchev–Trinajstić information content (AvgIpc) is 3.43. The molecule has 0 amide bonds. The highest BCUT2D eigenvalue weighted by molar-refractivity contribution is 6.22. The van der Waals surface area contributed by atoms with Crippen molar-refractivity contribution in [3.63, 3.8) is 0 Å². The van der Waals surface area contributed by atoms with Gasteiger partial charge in [-0.3, -0.25) is 0 Å². The van der Waals surface area contributed by atoms with E-state index in [0.717, 1.165) is 82.3 Å². The summed E-state index contributed by atoms with van der Waals surface area (Å²) in [7, 11) is 0. The molecule has 0 aliphatic carbocycles. The lowest BCUT2D eigenvalue weighted by Gasteiger charge is -2.17. The standard InChI is InChI=1S/C42H24FN3/c1-44-29-18-23-40-36(25-29)35-24-27(15-22-39(35)46(40)30-19-16-28(43)17-20-30)41-31-9-3-5-11-33(31)42(34-12-6-4-10-32(34)41)38-21-14-26-8-2-7-13-37(26)45-38/h2-25H. The molecular weight excluding hydrogens is 565 g/mol. The lowest BCUT2D eigenvalue weighted by Crippen LogP contribution is -1.94. The normalized spacial score (nSPS) is 11.6. The van der Waals surface area contributed by atoms with Gasteiger partial charge in [0.25, 0.3) is 0 Å². The molecule has 0 fully saturated rings. The third-order valence-electron chi connectivity index (χ3n) is 9.04. The number of halogens is 1. The monoisotopic (exact) mass is 589 g/mol. The molecule has 0 aliphatic heterocycles. The third kappa shape index (κ3) is 3.93. The number of fused-ring (bicyclic) bond motifs is 6. The number of aromatic nitrogens is 2. The molecule has 4 heteroatoms. The summed E-state index contributed by atoms with van der Waals surface area (Å²) < 4.78 is 16.1. The Morgan fingerprint density at radius 3 is 1.85 bits per heavy atom. The molecule has 0 saturated heterocycles. The first-order chi connectivity index (χ1) is 22.7. The van der Waals surface area contributed by atoms with Crippen molar-refractivity contribution < 1.29 is 4.39 Å². The number of hydrogen-bond acceptors (Lipinski definition) is 1. The van der Waals surface area contributed by atoms with Crippen LogP contribution in [-0.4, -0.2) is 9.55 Å². The fourth-order valence-corrected chi connectivity index (χ4v) is 7.03. The minimum Gasteiger partial charge on any atom is -0.309 e. The molecule has 214 valence electrons. The summed E-state index contributed by atoms with van der Waals surface area (Å²) in [6.07, 6.45) is 0. The SMILES string of the molecule is [C-]#[N+]c1ccc2c(c1)c1cc(-c3c4ccccc4c(-c4ccc5ccccc5n4)c4ccccc34)ccc1n2-c1ccc(F)cc1. The van der Waals surface area contributed by atoms with Crippen molar-refractivity contribution in [1.29, 1.82) is 0 Å². The number of pyridine rings is 1. The van der Waals surface area contributed by atoms with Crippen LogP contribution >= 0.6 is 0 Å². The number of benzene rings is 7. The van der Waals surface area contributed by atoms with Gasteiger partial charge in [-0.25, -0.2) is 14.2 Å². The molecule has 2 aromatic heterocycles. The molecule has 0 saturated carbocycles. The topological polar surface area (TPSA) is 22.2 Å². The Kier molecular flexibility index (Phi) is 5.75. The predicted octanol–water partition coefficient (Wildman–Crippen LogP) is 11.7. The highest BCUT2D eigenvalue weighted by Crippen LogP contribution is 2.45. The molecule has 0 N–H and O–H groups in total. The molecule has 0 spiro atoms. The van der Waals surface area contributed by atoms with Crippen LogP contribution in [-0.2, 0) is 0 Å². The highest BCUT2D eigenvalue weighted by atomic mass is 19.1. The van der Waals surface area contributed by atoms with Crippen LogP contribution in [0.3, 0.4) is 0 Å². The Hall–Kier alpha value is -6.31. The maximum absolute atomic E-state index is 13.9. The van der Waals surface area contributed by atoms with Crippen molar-refractivity contribution in [2.75, 3.05) is 0 Å². The van der Waals surface area contributed by atoms with E-state index >= 15 is 0 Å². The molecule has 0 aliphatic rings. The molecule has 46 heavy (non-hydrogen) atoms. The van der Waals surface area contributed by atoms with Gasteiger partial charge in [0, 0.05) is 22.0 Å². The molecule has 9 aromatic rings. The molecule has 2 heterocycles. The fourth-order valence-electron chi connectivity index (χ4n) is 7.03. The summed E-state index contributed by atoms with van der Waals surface area (Å²) in [5.74, 6) is -0.275. The molecule has 3 nitrogen and oxygen atoms in total. The lowest BCUT2D eigenvalue weighted by molar-refractivity contribution is 0.627. The van der Waals surface area contributed by atoms with E-state index in [9.17, 15) is 4.39 Å². The summed E-state index contributed by atoms with van der Waals surface area (Å²) in [6, 6.07) is 48.6. The van der Waals surface area contributed by atoms with E-state index in [4.69, 9.17) is 11.6 Å². The van der Waals surface area contributed by atoms with Gasteiger partial charge in [0.05, 0.1) is 28.8 Å². The minimum atomic E-state index is -0.275. The molecule has 9 rings (SSSR count). The van der Waals surface area contributed by atoms with Crippen molar-refractivity contribution >= 4 is 59.9 Å². The largest absolute Gasteiger partial charge is 0.309 e. The van der Waals surface area contributed by atoms with Gasteiger partial charge in [0.15, 0.2) is 5.69 Å². The Balaban J connectivity index is 1.36. The molecule has 0 radical (unpaired) electrons. The van der Waals surface area contributed by atoms with Gasteiger partial charge in [-0.2, -0.15) is 0 Å². The van der Waals surface area contributed by atoms with E-state index in [0.29, 0.717) is 5.69 Å². The van der Waals surface area contributed by atoms with E-state index in [1.807, 2.05) is 30.3 Å². The van der Waals surface area contributed by atoms with Gasteiger partial charge in [-0.15, -0.1) is 0 Å².